The zero-order valence-corrected chi connectivity index (χ0v) is 10.8. The van der Waals surface area contributed by atoms with E-state index in [1.165, 1.54) is 25.7 Å². The van der Waals surface area contributed by atoms with Gasteiger partial charge in [0.15, 0.2) is 0 Å². The van der Waals surface area contributed by atoms with Crippen molar-refractivity contribution in [2.75, 3.05) is 0 Å². The Labute approximate surface area is 107 Å². The molecule has 0 amide bonds. The van der Waals surface area contributed by atoms with Crippen LogP contribution in [0.2, 0.25) is 0 Å². The van der Waals surface area contributed by atoms with Crippen LogP contribution in [-0.2, 0) is 21.7 Å². The summed E-state index contributed by atoms with van der Waals surface area (Å²) in [5, 5.41) is 0. The van der Waals surface area contributed by atoms with E-state index in [-0.39, 0.29) is 21.7 Å². The first-order chi connectivity index (χ1) is 6.88. The van der Waals surface area contributed by atoms with E-state index in [1.54, 1.807) is 22.3 Å². The monoisotopic (exact) mass is 232 g/mol. The summed E-state index contributed by atoms with van der Waals surface area (Å²) in [6.07, 6.45) is 5.44. The van der Waals surface area contributed by atoms with Gasteiger partial charge in [-0.3, -0.25) is 0 Å². The van der Waals surface area contributed by atoms with Gasteiger partial charge < -0.3 is 0 Å². The number of fused-ring (bicyclic) bond motifs is 2. The maximum atomic E-state index is 2.37. The van der Waals surface area contributed by atoms with Crippen LogP contribution in [0.3, 0.4) is 0 Å². The molecule has 0 spiro atoms. The molecule has 0 fully saturated rings. The predicted octanol–water partition coefficient (Wildman–Crippen LogP) is 4.13. The van der Waals surface area contributed by atoms with Crippen LogP contribution in [0.1, 0.15) is 49.7 Å². The maximum Gasteiger partial charge on any atom is 0.00318 e. The minimum Gasteiger partial charge on any atom is -0.0619 e. The summed E-state index contributed by atoms with van der Waals surface area (Å²) in [5.74, 6) is 0.696. The topological polar surface area (TPSA) is 0 Å². The van der Waals surface area contributed by atoms with Crippen molar-refractivity contribution in [1.82, 2.24) is 0 Å². The Kier molecular flexibility index (Phi) is 3.18. The average molecular weight is 232 g/mol. The fourth-order valence-electron chi connectivity index (χ4n) is 3.05. The number of benzene rings is 1. The van der Waals surface area contributed by atoms with Crippen molar-refractivity contribution in [3.8, 4) is 0 Å². The molecule has 1 heteroatoms. The maximum absolute atomic E-state index is 2.37. The first-order valence-electron chi connectivity index (χ1n) is 5.69. The summed E-state index contributed by atoms with van der Waals surface area (Å²) >= 11 is 0. The van der Waals surface area contributed by atoms with Gasteiger partial charge >= 0.3 is 0 Å². The van der Waals surface area contributed by atoms with Gasteiger partial charge in [-0.2, -0.15) is 0 Å². The van der Waals surface area contributed by atoms with Crippen molar-refractivity contribution >= 4 is 5.57 Å². The summed E-state index contributed by atoms with van der Waals surface area (Å²) in [4.78, 5) is 0. The summed E-state index contributed by atoms with van der Waals surface area (Å²) in [6, 6.07) is 8.96. The SMILES string of the molecule is CC1C2=C(CCCC2)c2ccccc21.[Ti]. The molecule has 0 radical (unpaired) electrons. The van der Waals surface area contributed by atoms with Gasteiger partial charge in [0.2, 0.25) is 0 Å². The number of hydrogen-bond donors (Lipinski definition) is 0. The van der Waals surface area contributed by atoms with Crippen LogP contribution >= 0.6 is 0 Å². The van der Waals surface area contributed by atoms with Crippen LogP contribution in [0.5, 0.6) is 0 Å². The Balaban J connectivity index is 0.000000853. The molecule has 76 valence electrons. The van der Waals surface area contributed by atoms with E-state index in [0.29, 0.717) is 5.92 Å². The zero-order chi connectivity index (χ0) is 9.54. The van der Waals surface area contributed by atoms with E-state index >= 15 is 0 Å². The van der Waals surface area contributed by atoms with E-state index in [0.717, 1.165) is 0 Å². The second-order valence-corrected chi connectivity index (χ2v) is 4.52. The van der Waals surface area contributed by atoms with Crippen molar-refractivity contribution in [3.05, 3.63) is 41.0 Å². The zero-order valence-electron chi connectivity index (χ0n) is 9.22. The van der Waals surface area contributed by atoms with Gasteiger partial charge in [-0.1, -0.05) is 36.8 Å². The van der Waals surface area contributed by atoms with Crippen LogP contribution in [0, 0.1) is 0 Å². The van der Waals surface area contributed by atoms with Crippen LogP contribution in [0.4, 0.5) is 0 Å². The molecule has 2 aliphatic carbocycles. The Morgan fingerprint density at radius 1 is 1.07 bits per heavy atom. The Bertz CT molecular complexity index is 404. The molecule has 0 aromatic heterocycles. The fraction of sp³-hybridized carbons (Fsp3) is 0.429. The third-order valence-corrected chi connectivity index (χ3v) is 3.79. The molecule has 3 rings (SSSR count). The molecule has 0 saturated heterocycles. The number of hydrogen-bond acceptors (Lipinski definition) is 0. The third kappa shape index (κ3) is 1.64. The fourth-order valence-corrected chi connectivity index (χ4v) is 3.05. The number of rotatable bonds is 0. The van der Waals surface area contributed by atoms with Crippen LogP contribution < -0.4 is 0 Å². The molecule has 15 heavy (non-hydrogen) atoms. The largest absolute Gasteiger partial charge is 0.0619 e. The van der Waals surface area contributed by atoms with Crippen molar-refractivity contribution < 1.29 is 21.7 Å². The number of allylic oxidation sites excluding steroid dienone is 2. The molecular formula is C14H16Ti. The quantitative estimate of drug-likeness (QED) is 0.590. The molecule has 1 atom stereocenters. The van der Waals surface area contributed by atoms with Crippen molar-refractivity contribution in [3.63, 3.8) is 0 Å². The summed E-state index contributed by atoms with van der Waals surface area (Å²) in [6.45, 7) is 2.37. The molecule has 0 saturated carbocycles. The Morgan fingerprint density at radius 3 is 2.67 bits per heavy atom. The van der Waals surface area contributed by atoms with E-state index in [9.17, 15) is 0 Å². The van der Waals surface area contributed by atoms with Crippen molar-refractivity contribution in [2.45, 2.75) is 38.5 Å². The molecule has 1 unspecified atom stereocenters. The molecule has 2 aliphatic rings. The van der Waals surface area contributed by atoms with Gasteiger partial charge in [-0.05, 0) is 42.4 Å². The standard InChI is InChI=1S/C14H16.Ti/c1-10-11-6-2-4-8-13(11)14-9-5-3-7-12(10)14;/h2,4,6,8,10H,3,5,7,9H2,1H3;. The molecular weight excluding hydrogens is 216 g/mol. The van der Waals surface area contributed by atoms with Crippen LogP contribution in [0.15, 0.2) is 29.8 Å². The van der Waals surface area contributed by atoms with Gasteiger partial charge in [-0.15, -0.1) is 0 Å². The molecule has 0 N–H and O–H groups in total. The van der Waals surface area contributed by atoms with Gasteiger partial charge in [-0.25, -0.2) is 0 Å². The van der Waals surface area contributed by atoms with Gasteiger partial charge in [0, 0.05) is 27.6 Å². The van der Waals surface area contributed by atoms with E-state index in [1.807, 2.05) is 0 Å². The first kappa shape index (κ1) is 11.2. The van der Waals surface area contributed by atoms with Crippen LogP contribution in [0.25, 0.3) is 5.57 Å². The minimum absolute atomic E-state index is 0. The van der Waals surface area contributed by atoms with Gasteiger partial charge in [0.25, 0.3) is 0 Å². The summed E-state index contributed by atoms with van der Waals surface area (Å²) in [5.41, 5.74) is 6.53. The van der Waals surface area contributed by atoms with Gasteiger partial charge in [0.1, 0.15) is 0 Å². The van der Waals surface area contributed by atoms with Crippen LogP contribution in [-0.4, -0.2) is 0 Å². The first-order valence-corrected chi connectivity index (χ1v) is 5.69. The predicted molar refractivity (Wildman–Crippen MR) is 60.2 cm³/mol. The van der Waals surface area contributed by atoms with Crippen molar-refractivity contribution in [1.29, 1.82) is 0 Å². The summed E-state index contributed by atoms with van der Waals surface area (Å²) < 4.78 is 0. The third-order valence-electron chi connectivity index (χ3n) is 3.79. The average Bonchev–Trinajstić information content (AvgIpc) is 2.55. The second-order valence-electron chi connectivity index (χ2n) is 4.52. The molecule has 0 nitrogen and oxygen atoms in total. The Morgan fingerprint density at radius 2 is 1.80 bits per heavy atom. The second kappa shape index (κ2) is 4.27. The smallest absolute Gasteiger partial charge is 0.00318 e. The van der Waals surface area contributed by atoms with E-state index in [4.69, 9.17) is 0 Å². The van der Waals surface area contributed by atoms with Gasteiger partial charge in [0.05, 0.1) is 0 Å². The molecule has 1 aromatic carbocycles. The molecule has 1 aromatic rings. The Hall–Kier alpha value is -0.326. The summed E-state index contributed by atoms with van der Waals surface area (Å²) in [7, 11) is 0. The molecule has 0 aliphatic heterocycles. The van der Waals surface area contributed by atoms with E-state index < -0.39 is 0 Å². The normalized spacial score (nSPS) is 23.1. The van der Waals surface area contributed by atoms with Crippen molar-refractivity contribution in [2.24, 2.45) is 0 Å². The molecule has 0 bridgehead atoms. The van der Waals surface area contributed by atoms with E-state index in [2.05, 4.69) is 31.2 Å². The molecule has 0 heterocycles. The minimum atomic E-state index is 0.